The van der Waals surface area contributed by atoms with E-state index in [1.807, 2.05) is 18.5 Å². The Balaban J connectivity index is 2.31. The molecule has 0 aromatic carbocycles. The van der Waals surface area contributed by atoms with Crippen LogP contribution in [0.3, 0.4) is 0 Å². The van der Waals surface area contributed by atoms with Crippen LogP contribution in [0.1, 0.15) is 31.7 Å². The normalized spacial score (nSPS) is 25.9. The van der Waals surface area contributed by atoms with E-state index in [2.05, 4.69) is 21.0 Å². The molecule has 1 fully saturated rings. The van der Waals surface area contributed by atoms with Crippen molar-refractivity contribution in [2.75, 3.05) is 11.5 Å². The SMILES string of the molecule is CCc1nn(CC)c(CC2(O)CCS(=O)(=O)C2)c1Br. The van der Waals surface area contributed by atoms with E-state index in [-0.39, 0.29) is 11.5 Å². The zero-order valence-electron chi connectivity index (χ0n) is 11.2. The Labute approximate surface area is 122 Å². The van der Waals surface area contributed by atoms with Crippen molar-refractivity contribution in [3.05, 3.63) is 15.9 Å². The lowest BCUT2D eigenvalue weighted by Gasteiger charge is -2.21. The molecule has 1 aromatic heterocycles. The van der Waals surface area contributed by atoms with Gasteiger partial charge in [0, 0.05) is 13.0 Å². The second-order valence-corrected chi connectivity index (χ2v) is 8.10. The van der Waals surface area contributed by atoms with Crippen LogP contribution in [-0.4, -0.2) is 40.4 Å². The van der Waals surface area contributed by atoms with Crippen LogP contribution in [0.25, 0.3) is 0 Å². The third-order valence-electron chi connectivity index (χ3n) is 3.56. The number of rotatable bonds is 4. The molecular weight excluding hydrogens is 332 g/mol. The van der Waals surface area contributed by atoms with Crippen molar-refractivity contribution in [1.29, 1.82) is 0 Å². The van der Waals surface area contributed by atoms with Crippen molar-refractivity contribution in [2.45, 2.75) is 45.3 Å². The largest absolute Gasteiger partial charge is 0.388 e. The Bertz CT molecular complexity index is 582. The molecule has 1 aliphatic rings. The first-order valence-electron chi connectivity index (χ1n) is 6.47. The summed E-state index contributed by atoms with van der Waals surface area (Å²) in [6.45, 7) is 4.71. The average molecular weight is 351 g/mol. The van der Waals surface area contributed by atoms with Crippen LogP contribution in [-0.2, 0) is 29.2 Å². The molecular formula is C12H19BrN2O3S. The maximum absolute atomic E-state index is 11.5. The van der Waals surface area contributed by atoms with Crippen LogP contribution in [0.15, 0.2) is 4.47 Å². The third kappa shape index (κ3) is 3.03. The van der Waals surface area contributed by atoms with E-state index in [0.717, 1.165) is 22.3 Å². The average Bonchev–Trinajstić information content (AvgIpc) is 2.78. The molecule has 1 unspecified atom stereocenters. The van der Waals surface area contributed by atoms with Crippen LogP contribution in [0.5, 0.6) is 0 Å². The van der Waals surface area contributed by atoms with E-state index >= 15 is 0 Å². The second-order valence-electron chi connectivity index (χ2n) is 5.12. The van der Waals surface area contributed by atoms with Gasteiger partial charge in [-0.2, -0.15) is 5.10 Å². The molecule has 1 aromatic rings. The van der Waals surface area contributed by atoms with Gasteiger partial charge >= 0.3 is 0 Å². The van der Waals surface area contributed by atoms with Gasteiger partial charge in [-0.05, 0) is 35.7 Å². The Morgan fingerprint density at radius 3 is 2.63 bits per heavy atom. The molecule has 2 heterocycles. The van der Waals surface area contributed by atoms with E-state index in [0.29, 0.717) is 19.4 Å². The minimum atomic E-state index is -3.10. The fourth-order valence-electron chi connectivity index (χ4n) is 2.54. The number of hydrogen-bond donors (Lipinski definition) is 1. The summed E-state index contributed by atoms with van der Waals surface area (Å²) in [6, 6.07) is 0. The summed E-state index contributed by atoms with van der Waals surface area (Å²) in [7, 11) is -3.10. The molecule has 7 heteroatoms. The lowest BCUT2D eigenvalue weighted by atomic mass is 9.97. The smallest absolute Gasteiger partial charge is 0.153 e. The van der Waals surface area contributed by atoms with Crippen molar-refractivity contribution in [3.63, 3.8) is 0 Å². The molecule has 2 rings (SSSR count). The molecule has 0 amide bonds. The molecule has 0 bridgehead atoms. The fourth-order valence-corrected chi connectivity index (χ4v) is 5.14. The zero-order chi connectivity index (χ0) is 14.3. The van der Waals surface area contributed by atoms with Gasteiger partial charge in [-0.15, -0.1) is 0 Å². The highest BCUT2D eigenvalue weighted by atomic mass is 79.9. The molecule has 1 aliphatic heterocycles. The molecule has 0 spiro atoms. The first-order chi connectivity index (χ1) is 8.80. The molecule has 0 saturated carbocycles. The van der Waals surface area contributed by atoms with Gasteiger partial charge in [0.05, 0.1) is 33.0 Å². The van der Waals surface area contributed by atoms with Crippen LogP contribution < -0.4 is 0 Å². The summed E-state index contributed by atoms with van der Waals surface area (Å²) in [5.41, 5.74) is 0.680. The monoisotopic (exact) mass is 350 g/mol. The molecule has 19 heavy (non-hydrogen) atoms. The number of nitrogens with zero attached hydrogens (tertiary/aromatic N) is 2. The third-order valence-corrected chi connectivity index (χ3v) is 6.28. The lowest BCUT2D eigenvalue weighted by Crippen LogP contribution is -2.33. The van der Waals surface area contributed by atoms with E-state index < -0.39 is 15.4 Å². The number of aryl methyl sites for hydroxylation is 2. The summed E-state index contributed by atoms with van der Waals surface area (Å²) in [5, 5.41) is 14.9. The van der Waals surface area contributed by atoms with Gasteiger partial charge in [0.25, 0.3) is 0 Å². The Hall–Kier alpha value is -0.400. The van der Waals surface area contributed by atoms with Crippen LogP contribution in [0.2, 0.25) is 0 Å². The molecule has 108 valence electrons. The highest BCUT2D eigenvalue weighted by Crippen LogP contribution is 2.31. The van der Waals surface area contributed by atoms with Gasteiger partial charge < -0.3 is 5.11 Å². The maximum Gasteiger partial charge on any atom is 0.153 e. The summed E-state index contributed by atoms with van der Waals surface area (Å²) in [5.74, 6) is -0.0786. The zero-order valence-corrected chi connectivity index (χ0v) is 13.6. The summed E-state index contributed by atoms with van der Waals surface area (Å²) < 4.78 is 25.8. The number of aliphatic hydroxyl groups is 1. The molecule has 1 atom stereocenters. The van der Waals surface area contributed by atoms with Crippen molar-refractivity contribution >= 4 is 25.8 Å². The van der Waals surface area contributed by atoms with Crippen LogP contribution in [0, 0.1) is 0 Å². The minimum absolute atomic E-state index is 0.0714. The highest BCUT2D eigenvalue weighted by molar-refractivity contribution is 9.10. The predicted molar refractivity (Wildman–Crippen MR) is 76.9 cm³/mol. The first kappa shape index (κ1) is 15.0. The van der Waals surface area contributed by atoms with E-state index in [1.54, 1.807) is 0 Å². The Morgan fingerprint density at radius 2 is 2.16 bits per heavy atom. The topological polar surface area (TPSA) is 72.2 Å². The summed E-state index contributed by atoms with van der Waals surface area (Å²) in [4.78, 5) is 0. The van der Waals surface area contributed by atoms with Gasteiger partial charge in [-0.3, -0.25) is 4.68 Å². The second kappa shape index (κ2) is 5.18. The van der Waals surface area contributed by atoms with Crippen molar-refractivity contribution < 1.29 is 13.5 Å². The lowest BCUT2D eigenvalue weighted by molar-refractivity contribution is 0.0658. The number of sulfone groups is 1. The summed E-state index contributed by atoms with van der Waals surface area (Å²) >= 11 is 3.52. The number of aromatic nitrogens is 2. The molecule has 1 saturated heterocycles. The Morgan fingerprint density at radius 1 is 1.47 bits per heavy atom. The fraction of sp³-hybridized carbons (Fsp3) is 0.750. The molecule has 5 nitrogen and oxygen atoms in total. The van der Waals surface area contributed by atoms with Crippen LogP contribution in [0.4, 0.5) is 0 Å². The quantitative estimate of drug-likeness (QED) is 0.888. The van der Waals surface area contributed by atoms with Gasteiger partial charge in [0.15, 0.2) is 9.84 Å². The van der Waals surface area contributed by atoms with Crippen molar-refractivity contribution in [3.8, 4) is 0 Å². The van der Waals surface area contributed by atoms with E-state index in [9.17, 15) is 13.5 Å². The van der Waals surface area contributed by atoms with Gasteiger partial charge in [0.2, 0.25) is 0 Å². The van der Waals surface area contributed by atoms with Crippen LogP contribution >= 0.6 is 15.9 Å². The van der Waals surface area contributed by atoms with Crippen molar-refractivity contribution in [2.24, 2.45) is 0 Å². The van der Waals surface area contributed by atoms with Gasteiger partial charge in [0.1, 0.15) is 0 Å². The molecule has 0 aliphatic carbocycles. The first-order valence-corrected chi connectivity index (χ1v) is 9.08. The van der Waals surface area contributed by atoms with Gasteiger partial charge in [-0.1, -0.05) is 6.92 Å². The number of hydrogen-bond acceptors (Lipinski definition) is 4. The molecule has 1 N–H and O–H groups in total. The maximum atomic E-state index is 11.5. The standard InChI is InChI=1S/C12H19BrN2O3S/c1-3-9-11(13)10(15(4-2)14-9)7-12(16)5-6-19(17,18)8-12/h16H,3-8H2,1-2H3. The minimum Gasteiger partial charge on any atom is -0.388 e. The molecule has 0 radical (unpaired) electrons. The van der Waals surface area contributed by atoms with Gasteiger partial charge in [-0.25, -0.2) is 8.42 Å². The summed E-state index contributed by atoms with van der Waals surface area (Å²) in [6.07, 6.45) is 1.43. The van der Waals surface area contributed by atoms with Crippen molar-refractivity contribution in [1.82, 2.24) is 9.78 Å². The van der Waals surface area contributed by atoms with E-state index in [1.165, 1.54) is 0 Å². The Kier molecular flexibility index (Phi) is 4.09. The van der Waals surface area contributed by atoms with E-state index in [4.69, 9.17) is 0 Å². The highest BCUT2D eigenvalue weighted by Gasteiger charge is 2.41. The predicted octanol–water partition coefficient (Wildman–Crippen LogP) is 1.32. The number of halogens is 1.